The second-order valence-corrected chi connectivity index (χ2v) is 8.15. The molecule has 2 amide bonds. The molecule has 1 aromatic heterocycles. The lowest BCUT2D eigenvalue weighted by Gasteiger charge is -2.31. The zero-order valence-corrected chi connectivity index (χ0v) is 18.2. The van der Waals surface area contributed by atoms with Crippen molar-refractivity contribution in [3.05, 3.63) is 41.0 Å². The van der Waals surface area contributed by atoms with Crippen molar-refractivity contribution in [2.75, 3.05) is 36.3 Å². The average Bonchev–Trinajstić information content (AvgIpc) is 2.70. The summed E-state index contributed by atoms with van der Waals surface area (Å²) in [5, 5.41) is 7.13. The van der Waals surface area contributed by atoms with Crippen LogP contribution in [0.1, 0.15) is 31.2 Å². The van der Waals surface area contributed by atoms with Gasteiger partial charge in [0, 0.05) is 45.0 Å². The highest BCUT2D eigenvalue weighted by atomic mass is 35.5. The number of rotatable bonds is 5. The first-order chi connectivity index (χ1) is 13.8. The molecule has 3 rings (SSSR count). The van der Waals surface area contributed by atoms with E-state index in [1.807, 2.05) is 50.3 Å². The Morgan fingerprint density at radius 3 is 2.41 bits per heavy atom. The average molecular weight is 417 g/mol. The van der Waals surface area contributed by atoms with Crippen molar-refractivity contribution >= 4 is 35.1 Å². The molecule has 7 nitrogen and oxygen atoms in total. The number of aromatic nitrogens is 2. The third-order valence-electron chi connectivity index (χ3n) is 5.28. The molecule has 1 aliphatic carbocycles. The van der Waals surface area contributed by atoms with Crippen molar-refractivity contribution in [2.45, 2.75) is 44.7 Å². The normalized spacial score (nSPS) is 18.8. The van der Waals surface area contributed by atoms with Crippen LogP contribution in [0.2, 0.25) is 5.02 Å². The smallest absolute Gasteiger partial charge is 0.321 e. The number of amides is 2. The highest BCUT2D eigenvalue weighted by molar-refractivity contribution is 6.33. The Kier molecular flexibility index (Phi) is 6.79. The van der Waals surface area contributed by atoms with E-state index in [0.29, 0.717) is 22.7 Å². The zero-order chi connectivity index (χ0) is 21.0. The van der Waals surface area contributed by atoms with E-state index in [4.69, 9.17) is 11.6 Å². The van der Waals surface area contributed by atoms with Crippen LogP contribution in [0.25, 0.3) is 0 Å². The minimum atomic E-state index is -0.132. The van der Waals surface area contributed by atoms with E-state index >= 15 is 0 Å². The fraction of sp³-hybridized carbons (Fsp3) is 0.476. The van der Waals surface area contributed by atoms with Crippen molar-refractivity contribution < 1.29 is 4.79 Å². The zero-order valence-electron chi connectivity index (χ0n) is 17.4. The van der Waals surface area contributed by atoms with E-state index in [9.17, 15) is 4.79 Å². The van der Waals surface area contributed by atoms with Gasteiger partial charge in [-0.2, -0.15) is 4.98 Å². The molecule has 8 heteroatoms. The molecule has 0 aliphatic heterocycles. The third-order valence-corrected chi connectivity index (χ3v) is 5.59. The van der Waals surface area contributed by atoms with E-state index in [-0.39, 0.29) is 12.1 Å². The van der Waals surface area contributed by atoms with Gasteiger partial charge < -0.3 is 15.5 Å². The number of carbonyl (C=O) groups is 1. The standard InChI is InChI=1S/C21H29ClN6O/c1-14-13-23-20(26-19(14)27(2)3)24-15-9-11-16(12-10-15)25-21(29)28(4)18-8-6-5-7-17(18)22/h5-8,13,15-16H,9-12H2,1-4H3,(H,25,29)(H,23,24,26)/t15-,16+. The number of benzene rings is 1. The number of anilines is 3. The molecule has 0 unspecified atom stereocenters. The minimum absolute atomic E-state index is 0.132. The molecule has 2 aromatic rings. The van der Waals surface area contributed by atoms with Gasteiger partial charge in [0.2, 0.25) is 5.95 Å². The number of para-hydroxylation sites is 1. The van der Waals surface area contributed by atoms with Crippen molar-refractivity contribution in [3.8, 4) is 0 Å². The van der Waals surface area contributed by atoms with Gasteiger partial charge in [0.1, 0.15) is 5.82 Å². The molecule has 1 saturated carbocycles. The number of aryl methyl sites for hydroxylation is 1. The summed E-state index contributed by atoms with van der Waals surface area (Å²) in [6.45, 7) is 2.01. The lowest BCUT2D eigenvalue weighted by molar-refractivity contribution is 0.238. The van der Waals surface area contributed by atoms with Crippen LogP contribution in [0.5, 0.6) is 0 Å². The molecule has 0 saturated heterocycles. The van der Waals surface area contributed by atoms with Gasteiger partial charge in [0.05, 0.1) is 10.7 Å². The van der Waals surface area contributed by atoms with Crippen LogP contribution in [0, 0.1) is 6.92 Å². The first-order valence-corrected chi connectivity index (χ1v) is 10.3. The molecule has 1 aromatic carbocycles. The third kappa shape index (κ3) is 5.29. The van der Waals surface area contributed by atoms with Crippen LogP contribution in [-0.2, 0) is 0 Å². The van der Waals surface area contributed by atoms with Crippen LogP contribution < -0.4 is 20.4 Å². The second-order valence-electron chi connectivity index (χ2n) is 7.75. The Hall–Kier alpha value is -2.54. The van der Waals surface area contributed by atoms with Gasteiger partial charge in [-0.05, 0) is 44.7 Å². The van der Waals surface area contributed by atoms with E-state index in [2.05, 4.69) is 20.6 Å². The van der Waals surface area contributed by atoms with Gasteiger partial charge in [0.25, 0.3) is 0 Å². The van der Waals surface area contributed by atoms with Crippen molar-refractivity contribution in [1.82, 2.24) is 15.3 Å². The molecule has 0 radical (unpaired) electrons. The molecule has 0 spiro atoms. The van der Waals surface area contributed by atoms with Gasteiger partial charge in [-0.25, -0.2) is 9.78 Å². The van der Waals surface area contributed by atoms with Gasteiger partial charge in [-0.1, -0.05) is 23.7 Å². The summed E-state index contributed by atoms with van der Waals surface area (Å²) in [4.78, 5) is 25.2. The van der Waals surface area contributed by atoms with Gasteiger partial charge >= 0.3 is 6.03 Å². The Balaban J connectivity index is 1.51. The lowest BCUT2D eigenvalue weighted by Crippen LogP contribution is -2.45. The molecule has 2 N–H and O–H groups in total. The number of hydrogen-bond donors (Lipinski definition) is 2. The fourth-order valence-corrected chi connectivity index (χ4v) is 3.89. The summed E-state index contributed by atoms with van der Waals surface area (Å²) in [6.07, 6.45) is 5.57. The summed E-state index contributed by atoms with van der Waals surface area (Å²) >= 11 is 6.20. The predicted molar refractivity (Wildman–Crippen MR) is 119 cm³/mol. The maximum Gasteiger partial charge on any atom is 0.321 e. The van der Waals surface area contributed by atoms with Crippen molar-refractivity contribution in [1.29, 1.82) is 0 Å². The van der Waals surface area contributed by atoms with Crippen LogP contribution in [0.15, 0.2) is 30.5 Å². The number of halogens is 1. The summed E-state index contributed by atoms with van der Waals surface area (Å²) in [6, 6.07) is 7.68. The molecule has 0 atom stereocenters. The fourth-order valence-electron chi connectivity index (χ4n) is 3.62. The maximum absolute atomic E-state index is 12.6. The van der Waals surface area contributed by atoms with E-state index in [0.717, 1.165) is 37.1 Å². The molecule has 156 valence electrons. The highest BCUT2D eigenvalue weighted by Crippen LogP contribution is 2.26. The Morgan fingerprint density at radius 1 is 1.10 bits per heavy atom. The number of nitrogens with zero attached hydrogens (tertiary/aromatic N) is 4. The van der Waals surface area contributed by atoms with E-state index in [1.165, 1.54) is 0 Å². The van der Waals surface area contributed by atoms with Crippen LogP contribution in [0.3, 0.4) is 0 Å². The molecule has 1 aliphatic rings. The van der Waals surface area contributed by atoms with Gasteiger partial charge in [-0.15, -0.1) is 0 Å². The molecule has 29 heavy (non-hydrogen) atoms. The first kappa shape index (κ1) is 21.2. The molecular formula is C21H29ClN6O. The minimum Gasteiger partial charge on any atom is -0.362 e. The number of nitrogens with one attached hydrogen (secondary N) is 2. The Bertz CT molecular complexity index is 851. The summed E-state index contributed by atoms with van der Waals surface area (Å²) in [7, 11) is 5.69. The monoisotopic (exact) mass is 416 g/mol. The van der Waals surface area contributed by atoms with Crippen molar-refractivity contribution in [3.63, 3.8) is 0 Å². The highest BCUT2D eigenvalue weighted by Gasteiger charge is 2.24. The SMILES string of the molecule is Cc1cnc(N[C@H]2CC[C@@H](NC(=O)N(C)c3ccccc3Cl)CC2)nc1N(C)C. The van der Waals surface area contributed by atoms with Crippen LogP contribution >= 0.6 is 11.6 Å². The maximum atomic E-state index is 12.6. The summed E-state index contributed by atoms with van der Waals surface area (Å²) in [5.41, 5.74) is 1.75. The van der Waals surface area contributed by atoms with Crippen molar-refractivity contribution in [2.24, 2.45) is 0 Å². The summed E-state index contributed by atoms with van der Waals surface area (Å²) in [5.74, 6) is 1.58. The predicted octanol–water partition coefficient (Wildman–Crippen LogP) is 4.07. The second kappa shape index (κ2) is 9.31. The van der Waals surface area contributed by atoms with E-state index < -0.39 is 0 Å². The lowest BCUT2D eigenvalue weighted by atomic mass is 9.91. The molecular weight excluding hydrogens is 388 g/mol. The van der Waals surface area contributed by atoms with Gasteiger partial charge in [-0.3, -0.25) is 4.90 Å². The van der Waals surface area contributed by atoms with Gasteiger partial charge in [0.15, 0.2) is 0 Å². The topological polar surface area (TPSA) is 73.4 Å². The Morgan fingerprint density at radius 2 is 1.76 bits per heavy atom. The quantitative estimate of drug-likeness (QED) is 0.768. The summed E-state index contributed by atoms with van der Waals surface area (Å²) < 4.78 is 0. The number of carbonyl (C=O) groups excluding carboxylic acids is 1. The number of urea groups is 1. The van der Waals surface area contributed by atoms with Crippen LogP contribution in [-0.4, -0.2) is 49.2 Å². The van der Waals surface area contributed by atoms with E-state index in [1.54, 1.807) is 18.0 Å². The Labute approximate surface area is 177 Å². The molecule has 1 fully saturated rings. The molecule has 1 heterocycles. The molecule has 0 bridgehead atoms. The largest absolute Gasteiger partial charge is 0.362 e. The number of hydrogen-bond acceptors (Lipinski definition) is 5. The first-order valence-electron chi connectivity index (χ1n) is 9.91. The van der Waals surface area contributed by atoms with Crippen LogP contribution in [0.4, 0.5) is 22.2 Å².